The summed E-state index contributed by atoms with van der Waals surface area (Å²) in [6.07, 6.45) is 2.83. The van der Waals surface area contributed by atoms with Crippen LogP contribution in [0.1, 0.15) is 26.2 Å². The van der Waals surface area contributed by atoms with Crippen molar-refractivity contribution in [2.75, 3.05) is 26.3 Å². The monoisotopic (exact) mass is 384 g/mol. The first-order valence-electron chi connectivity index (χ1n) is 8.69. The molecular weight excluding hydrogens is 366 g/mol. The molecule has 0 saturated carbocycles. The van der Waals surface area contributed by atoms with E-state index >= 15 is 0 Å². The molecule has 0 unspecified atom stereocenters. The average molecular weight is 385 g/mol. The number of rotatable bonds is 5. The van der Waals surface area contributed by atoms with Crippen LogP contribution in [0.5, 0.6) is 11.9 Å². The van der Waals surface area contributed by atoms with Gasteiger partial charge in [0, 0.05) is 19.2 Å². The standard InChI is InChI=1S/C17H19ClF2N4O2/c1-2-25-15-11-7-21-14(18)12(20)13(11)22-16(23-15)26-9-17-4-3-5-24(17)8-10(19)6-17/h7,10H,2-6,8-9H2,1H3/t10-,17+/m1/s1. The van der Waals surface area contributed by atoms with E-state index in [9.17, 15) is 8.78 Å². The molecule has 2 atom stereocenters. The molecule has 2 aromatic rings. The summed E-state index contributed by atoms with van der Waals surface area (Å²) in [5.41, 5.74) is -0.341. The van der Waals surface area contributed by atoms with Gasteiger partial charge in [0.15, 0.2) is 11.0 Å². The van der Waals surface area contributed by atoms with E-state index in [0.29, 0.717) is 25.0 Å². The first kappa shape index (κ1) is 17.6. The quantitative estimate of drug-likeness (QED) is 0.738. The molecule has 0 aliphatic carbocycles. The van der Waals surface area contributed by atoms with Gasteiger partial charge in [-0.05, 0) is 26.3 Å². The highest BCUT2D eigenvalue weighted by atomic mass is 35.5. The number of fused-ring (bicyclic) bond motifs is 2. The molecule has 2 aliphatic heterocycles. The zero-order valence-electron chi connectivity index (χ0n) is 14.3. The molecule has 2 aliphatic rings. The van der Waals surface area contributed by atoms with Crippen molar-refractivity contribution in [2.24, 2.45) is 0 Å². The van der Waals surface area contributed by atoms with Gasteiger partial charge in [0.1, 0.15) is 18.3 Å². The Morgan fingerprint density at radius 1 is 1.38 bits per heavy atom. The fourth-order valence-corrected chi connectivity index (χ4v) is 4.09. The van der Waals surface area contributed by atoms with E-state index < -0.39 is 12.0 Å². The summed E-state index contributed by atoms with van der Waals surface area (Å²) in [4.78, 5) is 14.3. The van der Waals surface area contributed by atoms with Crippen molar-refractivity contribution < 1.29 is 18.3 Å². The lowest BCUT2D eigenvalue weighted by atomic mass is 9.95. The minimum absolute atomic E-state index is 0.00554. The van der Waals surface area contributed by atoms with Crippen molar-refractivity contribution >= 4 is 22.5 Å². The van der Waals surface area contributed by atoms with Crippen LogP contribution in [0.15, 0.2) is 6.20 Å². The molecule has 140 valence electrons. The van der Waals surface area contributed by atoms with Crippen LogP contribution in [-0.2, 0) is 0 Å². The summed E-state index contributed by atoms with van der Waals surface area (Å²) in [5, 5.41) is 0.0488. The maximum Gasteiger partial charge on any atom is 0.320 e. The third kappa shape index (κ3) is 2.95. The number of hydrogen-bond donors (Lipinski definition) is 0. The van der Waals surface area contributed by atoms with Gasteiger partial charge in [0.2, 0.25) is 5.88 Å². The number of ether oxygens (including phenoxy) is 2. The molecule has 2 fully saturated rings. The minimum Gasteiger partial charge on any atom is -0.477 e. The van der Waals surface area contributed by atoms with E-state index in [1.54, 1.807) is 6.92 Å². The van der Waals surface area contributed by atoms with E-state index in [0.717, 1.165) is 19.4 Å². The van der Waals surface area contributed by atoms with E-state index in [-0.39, 0.29) is 34.7 Å². The lowest BCUT2D eigenvalue weighted by Gasteiger charge is -2.30. The molecule has 6 nitrogen and oxygen atoms in total. The topological polar surface area (TPSA) is 60.4 Å². The summed E-state index contributed by atoms with van der Waals surface area (Å²) in [5.74, 6) is -0.561. The van der Waals surface area contributed by atoms with E-state index in [1.807, 2.05) is 0 Å². The Balaban J connectivity index is 1.65. The van der Waals surface area contributed by atoms with Crippen LogP contribution in [-0.4, -0.2) is 57.9 Å². The Morgan fingerprint density at radius 2 is 2.23 bits per heavy atom. The van der Waals surface area contributed by atoms with Gasteiger partial charge in [-0.15, -0.1) is 0 Å². The third-order valence-electron chi connectivity index (χ3n) is 5.10. The maximum atomic E-state index is 14.4. The highest BCUT2D eigenvalue weighted by molar-refractivity contribution is 6.30. The first-order valence-corrected chi connectivity index (χ1v) is 9.06. The highest BCUT2D eigenvalue weighted by Gasteiger charge is 2.49. The molecule has 0 aromatic carbocycles. The third-order valence-corrected chi connectivity index (χ3v) is 5.36. The molecule has 0 spiro atoms. The van der Waals surface area contributed by atoms with Crippen LogP contribution in [0.25, 0.3) is 10.9 Å². The molecule has 4 rings (SSSR count). The molecule has 0 amide bonds. The van der Waals surface area contributed by atoms with Crippen molar-refractivity contribution in [3.05, 3.63) is 17.2 Å². The Kier molecular flexibility index (Phi) is 4.56. The van der Waals surface area contributed by atoms with Gasteiger partial charge in [-0.25, -0.2) is 13.8 Å². The molecule has 0 bridgehead atoms. The molecule has 2 saturated heterocycles. The molecular formula is C17H19ClF2N4O2. The van der Waals surface area contributed by atoms with Crippen LogP contribution >= 0.6 is 11.6 Å². The van der Waals surface area contributed by atoms with E-state index in [2.05, 4.69) is 19.9 Å². The van der Waals surface area contributed by atoms with Crippen molar-refractivity contribution in [1.29, 1.82) is 0 Å². The Hall–Kier alpha value is -1.80. The van der Waals surface area contributed by atoms with Gasteiger partial charge in [-0.2, -0.15) is 9.97 Å². The molecule has 2 aromatic heterocycles. The van der Waals surface area contributed by atoms with Gasteiger partial charge in [0.05, 0.1) is 17.5 Å². The largest absolute Gasteiger partial charge is 0.477 e. The fraction of sp³-hybridized carbons (Fsp3) is 0.588. The second-order valence-corrected chi connectivity index (χ2v) is 7.09. The molecule has 0 radical (unpaired) electrons. The van der Waals surface area contributed by atoms with Crippen LogP contribution in [0.3, 0.4) is 0 Å². The highest BCUT2D eigenvalue weighted by Crippen LogP contribution is 2.40. The summed E-state index contributed by atoms with van der Waals surface area (Å²) < 4.78 is 39.5. The zero-order chi connectivity index (χ0) is 18.3. The first-order chi connectivity index (χ1) is 12.5. The number of hydrogen-bond acceptors (Lipinski definition) is 6. The van der Waals surface area contributed by atoms with Gasteiger partial charge in [0.25, 0.3) is 0 Å². The predicted molar refractivity (Wildman–Crippen MR) is 92.0 cm³/mol. The SMILES string of the molecule is CCOc1nc(OC[C@@]23CCCN2C[C@H](F)C3)nc2c(F)c(Cl)ncc12. The average Bonchev–Trinajstić information content (AvgIpc) is 3.13. The molecule has 4 heterocycles. The predicted octanol–water partition coefficient (Wildman–Crippen LogP) is 3.17. The Morgan fingerprint density at radius 3 is 3.04 bits per heavy atom. The van der Waals surface area contributed by atoms with Crippen molar-refractivity contribution in [2.45, 2.75) is 37.9 Å². The van der Waals surface area contributed by atoms with E-state index in [4.69, 9.17) is 21.1 Å². The van der Waals surface area contributed by atoms with Gasteiger partial charge >= 0.3 is 6.01 Å². The normalized spacial score (nSPS) is 25.6. The van der Waals surface area contributed by atoms with Crippen molar-refractivity contribution in [3.8, 4) is 11.9 Å². The van der Waals surface area contributed by atoms with Crippen molar-refractivity contribution in [3.63, 3.8) is 0 Å². The minimum atomic E-state index is -0.849. The lowest BCUT2D eigenvalue weighted by molar-refractivity contribution is 0.107. The second kappa shape index (κ2) is 6.74. The van der Waals surface area contributed by atoms with Crippen LogP contribution < -0.4 is 9.47 Å². The summed E-state index contributed by atoms with van der Waals surface area (Å²) in [6, 6.07) is -0.00866. The Bertz CT molecular complexity index is 840. The number of alkyl halides is 1. The fourth-order valence-electron chi connectivity index (χ4n) is 3.95. The summed E-state index contributed by atoms with van der Waals surface area (Å²) >= 11 is 5.76. The van der Waals surface area contributed by atoms with Gasteiger partial charge in [-0.3, -0.25) is 4.90 Å². The number of halogens is 3. The maximum absolute atomic E-state index is 14.4. The molecule has 26 heavy (non-hydrogen) atoms. The lowest BCUT2D eigenvalue weighted by Crippen LogP contribution is -2.43. The number of pyridine rings is 1. The molecule has 9 heteroatoms. The number of aromatic nitrogens is 3. The van der Waals surface area contributed by atoms with E-state index in [1.165, 1.54) is 6.20 Å². The second-order valence-electron chi connectivity index (χ2n) is 6.73. The van der Waals surface area contributed by atoms with Gasteiger partial charge in [-0.1, -0.05) is 11.6 Å². The smallest absolute Gasteiger partial charge is 0.320 e. The summed E-state index contributed by atoms with van der Waals surface area (Å²) in [7, 11) is 0. The van der Waals surface area contributed by atoms with Crippen LogP contribution in [0, 0.1) is 5.82 Å². The van der Waals surface area contributed by atoms with Gasteiger partial charge < -0.3 is 9.47 Å². The van der Waals surface area contributed by atoms with Crippen LogP contribution in [0.2, 0.25) is 5.15 Å². The van der Waals surface area contributed by atoms with Crippen LogP contribution in [0.4, 0.5) is 8.78 Å². The number of nitrogens with zero attached hydrogens (tertiary/aromatic N) is 4. The molecule has 0 N–H and O–H groups in total. The Labute approximate surface area is 154 Å². The van der Waals surface area contributed by atoms with Crippen molar-refractivity contribution in [1.82, 2.24) is 19.9 Å². The summed E-state index contributed by atoms with van der Waals surface area (Å²) in [6.45, 7) is 3.69. The zero-order valence-corrected chi connectivity index (χ0v) is 15.1.